The molecule has 0 heterocycles. The summed E-state index contributed by atoms with van der Waals surface area (Å²) >= 11 is 0. The topological polar surface area (TPSA) is 96.5 Å². The van der Waals surface area contributed by atoms with Gasteiger partial charge in [-0.1, -0.05) is 12.1 Å². The molecule has 2 aromatic carbocycles. The van der Waals surface area contributed by atoms with E-state index < -0.39 is 29.3 Å². The Kier molecular flexibility index (Phi) is 7.86. The lowest BCUT2D eigenvalue weighted by molar-refractivity contribution is -0.137. The van der Waals surface area contributed by atoms with E-state index in [4.69, 9.17) is 4.74 Å². The highest BCUT2D eigenvalue weighted by atomic mass is 19.4. The van der Waals surface area contributed by atoms with Crippen molar-refractivity contribution in [2.75, 3.05) is 17.7 Å². The molecule has 0 radical (unpaired) electrons. The lowest BCUT2D eigenvalue weighted by Crippen LogP contribution is -2.27. The molecule has 0 bridgehead atoms. The highest BCUT2D eigenvalue weighted by Crippen LogP contribution is 2.34. The van der Waals surface area contributed by atoms with E-state index in [9.17, 15) is 27.6 Å². The van der Waals surface area contributed by atoms with Gasteiger partial charge in [-0.2, -0.15) is 13.2 Å². The molecular weight excluding hydrogens is 439 g/mol. The Labute approximate surface area is 189 Å². The fourth-order valence-corrected chi connectivity index (χ4v) is 2.58. The zero-order valence-corrected chi connectivity index (χ0v) is 18.5. The predicted molar refractivity (Wildman–Crippen MR) is 119 cm³/mol. The third-order valence-corrected chi connectivity index (χ3v) is 4.07. The first kappa shape index (κ1) is 25.4. The Balaban J connectivity index is 2.22. The second-order valence-corrected chi connectivity index (χ2v) is 7.91. The van der Waals surface area contributed by atoms with Gasteiger partial charge in [0.05, 0.1) is 16.9 Å². The van der Waals surface area contributed by atoms with Gasteiger partial charge in [-0.05, 0) is 62.7 Å². The fraction of sp³-hybridized carbons (Fsp3) is 0.261. The number of benzene rings is 2. The minimum atomic E-state index is -4.65. The Morgan fingerprint density at radius 1 is 0.909 bits per heavy atom. The van der Waals surface area contributed by atoms with Crippen molar-refractivity contribution in [3.05, 3.63) is 65.2 Å². The number of anilines is 2. The monoisotopic (exact) mass is 463 g/mol. The first-order valence-corrected chi connectivity index (χ1v) is 9.81. The highest BCUT2D eigenvalue weighted by molar-refractivity contribution is 6.05. The molecule has 176 valence electrons. The summed E-state index contributed by atoms with van der Waals surface area (Å²) in [4.78, 5) is 36.0. The summed E-state index contributed by atoms with van der Waals surface area (Å²) in [6.45, 7) is 4.90. The normalized spacial score (nSPS) is 11.7. The molecule has 2 aromatic rings. The van der Waals surface area contributed by atoms with Crippen molar-refractivity contribution in [1.82, 2.24) is 5.32 Å². The second-order valence-electron chi connectivity index (χ2n) is 7.91. The van der Waals surface area contributed by atoms with E-state index in [0.717, 1.165) is 24.3 Å². The number of nitrogens with one attached hydrogen (secondary N) is 3. The summed E-state index contributed by atoms with van der Waals surface area (Å²) in [7, 11) is 1.50. The van der Waals surface area contributed by atoms with Gasteiger partial charge in [0.25, 0.3) is 5.91 Å². The van der Waals surface area contributed by atoms with Crippen molar-refractivity contribution < 1.29 is 32.3 Å². The summed E-state index contributed by atoms with van der Waals surface area (Å²) in [6, 6.07) is 8.87. The van der Waals surface area contributed by atoms with Crippen LogP contribution in [0.5, 0.6) is 0 Å². The molecule has 0 spiro atoms. The van der Waals surface area contributed by atoms with E-state index in [1.807, 2.05) is 0 Å². The number of carbonyl (C=O) groups excluding carboxylic acids is 3. The van der Waals surface area contributed by atoms with E-state index in [2.05, 4.69) is 16.0 Å². The molecule has 0 aliphatic rings. The zero-order chi connectivity index (χ0) is 24.8. The molecule has 33 heavy (non-hydrogen) atoms. The van der Waals surface area contributed by atoms with Crippen LogP contribution in [0.15, 0.2) is 48.5 Å². The molecular formula is C23H24F3N3O4. The molecule has 0 atom stereocenters. The number of amides is 3. The summed E-state index contributed by atoms with van der Waals surface area (Å²) < 4.78 is 44.5. The summed E-state index contributed by atoms with van der Waals surface area (Å²) in [6.07, 6.45) is -2.99. The fourth-order valence-electron chi connectivity index (χ4n) is 2.58. The lowest BCUT2D eigenvalue weighted by atomic mass is 10.1. The van der Waals surface area contributed by atoms with Crippen LogP contribution in [-0.4, -0.2) is 30.6 Å². The van der Waals surface area contributed by atoms with Crippen LogP contribution in [-0.2, 0) is 15.7 Å². The van der Waals surface area contributed by atoms with Gasteiger partial charge in [0, 0.05) is 18.7 Å². The Morgan fingerprint density at radius 2 is 1.55 bits per heavy atom. The van der Waals surface area contributed by atoms with Gasteiger partial charge < -0.3 is 15.4 Å². The maximum absolute atomic E-state index is 13.1. The van der Waals surface area contributed by atoms with Crippen LogP contribution in [0.2, 0.25) is 0 Å². The zero-order valence-electron chi connectivity index (χ0n) is 18.5. The standard InChI is InChI=1S/C23H24F3N3O4/c1-22(2,3)33-21(32)29-17-11-10-16(23(24,25)26)13-18(17)28-19(30)12-7-14-5-8-15(9-6-14)20(31)27-4/h5-13H,1-4H3,(H,27,31)(H,28,30)(H,29,32). The lowest BCUT2D eigenvalue weighted by Gasteiger charge is -2.21. The van der Waals surface area contributed by atoms with Gasteiger partial charge in [-0.15, -0.1) is 0 Å². The Morgan fingerprint density at radius 3 is 2.09 bits per heavy atom. The number of ether oxygens (including phenoxy) is 1. The van der Waals surface area contributed by atoms with Crippen molar-refractivity contribution >= 4 is 35.4 Å². The van der Waals surface area contributed by atoms with Crippen molar-refractivity contribution in [2.24, 2.45) is 0 Å². The molecule has 0 unspecified atom stereocenters. The predicted octanol–water partition coefficient (Wildman–Crippen LogP) is 5.06. The number of hydrogen-bond acceptors (Lipinski definition) is 4. The van der Waals surface area contributed by atoms with Crippen LogP contribution >= 0.6 is 0 Å². The largest absolute Gasteiger partial charge is 0.444 e. The highest BCUT2D eigenvalue weighted by Gasteiger charge is 2.31. The van der Waals surface area contributed by atoms with E-state index >= 15 is 0 Å². The van der Waals surface area contributed by atoms with Crippen molar-refractivity contribution in [3.63, 3.8) is 0 Å². The van der Waals surface area contributed by atoms with Crippen LogP contribution in [0.4, 0.5) is 29.3 Å². The van der Waals surface area contributed by atoms with Crippen LogP contribution in [0, 0.1) is 0 Å². The maximum Gasteiger partial charge on any atom is 0.416 e. The molecule has 2 rings (SSSR count). The number of halogens is 3. The molecule has 0 saturated carbocycles. The second kappa shape index (κ2) is 10.2. The minimum absolute atomic E-state index is 0.0612. The summed E-state index contributed by atoms with van der Waals surface area (Å²) in [5.74, 6) is -0.991. The van der Waals surface area contributed by atoms with E-state index in [1.54, 1.807) is 45.0 Å². The Hall–Kier alpha value is -3.82. The van der Waals surface area contributed by atoms with E-state index in [1.165, 1.54) is 13.1 Å². The van der Waals surface area contributed by atoms with Crippen LogP contribution < -0.4 is 16.0 Å². The third-order valence-electron chi connectivity index (χ3n) is 4.07. The van der Waals surface area contributed by atoms with Crippen LogP contribution in [0.1, 0.15) is 42.3 Å². The van der Waals surface area contributed by atoms with Crippen molar-refractivity contribution in [2.45, 2.75) is 32.5 Å². The average Bonchev–Trinajstić information content (AvgIpc) is 2.71. The van der Waals surface area contributed by atoms with Crippen LogP contribution in [0.25, 0.3) is 6.08 Å². The van der Waals surface area contributed by atoms with Crippen molar-refractivity contribution in [1.29, 1.82) is 0 Å². The van der Waals surface area contributed by atoms with Crippen LogP contribution in [0.3, 0.4) is 0 Å². The molecule has 7 nitrogen and oxygen atoms in total. The molecule has 0 saturated heterocycles. The van der Waals surface area contributed by atoms with Gasteiger partial charge >= 0.3 is 12.3 Å². The molecule has 0 aromatic heterocycles. The number of rotatable bonds is 5. The van der Waals surface area contributed by atoms with E-state index in [-0.39, 0.29) is 17.3 Å². The smallest absolute Gasteiger partial charge is 0.416 e. The maximum atomic E-state index is 13.1. The minimum Gasteiger partial charge on any atom is -0.444 e. The molecule has 0 aliphatic carbocycles. The number of carbonyl (C=O) groups is 3. The van der Waals surface area contributed by atoms with Gasteiger partial charge in [0.15, 0.2) is 0 Å². The molecule has 0 aliphatic heterocycles. The number of alkyl halides is 3. The average molecular weight is 463 g/mol. The molecule has 0 fully saturated rings. The van der Waals surface area contributed by atoms with E-state index in [0.29, 0.717) is 11.1 Å². The summed E-state index contributed by atoms with van der Waals surface area (Å²) in [5.41, 5.74) is -1.11. The molecule has 3 amide bonds. The molecule has 3 N–H and O–H groups in total. The van der Waals surface area contributed by atoms with Gasteiger partial charge in [-0.25, -0.2) is 4.79 Å². The Bertz CT molecular complexity index is 1060. The molecule has 10 heteroatoms. The quantitative estimate of drug-likeness (QED) is 0.540. The number of hydrogen-bond donors (Lipinski definition) is 3. The third kappa shape index (κ3) is 7.99. The van der Waals surface area contributed by atoms with Gasteiger partial charge in [0.2, 0.25) is 5.91 Å². The van der Waals surface area contributed by atoms with Crippen molar-refractivity contribution in [3.8, 4) is 0 Å². The summed E-state index contributed by atoms with van der Waals surface area (Å²) in [5, 5.41) is 7.17. The first-order valence-electron chi connectivity index (χ1n) is 9.81. The van der Waals surface area contributed by atoms with Gasteiger partial charge in [0.1, 0.15) is 5.60 Å². The SMILES string of the molecule is CNC(=O)c1ccc(C=CC(=O)Nc2cc(C(F)(F)F)ccc2NC(=O)OC(C)(C)C)cc1. The van der Waals surface area contributed by atoms with Gasteiger partial charge in [-0.3, -0.25) is 14.9 Å². The first-order chi connectivity index (χ1) is 15.3.